The Morgan fingerprint density at radius 1 is 0.766 bits per heavy atom. The number of nitrogens with one attached hydrogen (secondary N) is 1. The van der Waals surface area contributed by atoms with Gasteiger partial charge in [0.2, 0.25) is 23.6 Å². The van der Waals surface area contributed by atoms with Crippen LogP contribution < -0.4 is 21.7 Å². The third-order valence-electron chi connectivity index (χ3n) is 6.84. The van der Waals surface area contributed by atoms with E-state index in [9.17, 15) is 19.2 Å². The molecule has 12 nitrogen and oxygen atoms in total. The van der Waals surface area contributed by atoms with Crippen molar-refractivity contribution in [2.24, 2.45) is 17.4 Å². The normalized spacial score (nSPS) is 12.2. The van der Waals surface area contributed by atoms with Crippen LogP contribution in [-0.2, 0) is 44.7 Å². The Balaban J connectivity index is 0.000000327. The van der Waals surface area contributed by atoms with Gasteiger partial charge in [0.25, 0.3) is 0 Å². The largest absolute Gasteiger partial charge is 0.379 e. The summed E-state index contributed by atoms with van der Waals surface area (Å²) in [6.45, 7) is 9.96. The summed E-state index contributed by atoms with van der Waals surface area (Å²) >= 11 is 0. The van der Waals surface area contributed by atoms with Gasteiger partial charge >= 0.3 is 0 Å². The summed E-state index contributed by atoms with van der Waals surface area (Å²) in [7, 11) is 0. The Kier molecular flexibility index (Phi) is 18.4. The molecule has 1 aliphatic rings. The molecule has 12 heteroatoms. The fraction of sp³-hybridized carbons (Fsp3) is 0.486. The van der Waals surface area contributed by atoms with Crippen LogP contribution in [0.5, 0.6) is 0 Å². The van der Waals surface area contributed by atoms with E-state index in [2.05, 4.69) is 17.2 Å². The topological polar surface area (TPSA) is 173 Å². The van der Waals surface area contributed by atoms with Crippen LogP contribution >= 0.6 is 0 Å². The lowest BCUT2D eigenvalue weighted by Gasteiger charge is -2.25. The average Bonchev–Trinajstić information content (AvgIpc) is 3.04. The Morgan fingerprint density at radius 2 is 1.32 bits per heavy atom. The van der Waals surface area contributed by atoms with E-state index in [0.29, 0.717) is 52.8 Å². The van der Waals surface area contributed by atoms with Gasteiger partial charge in [0, 0.05) is 37.0 Å². The molecule has 0 bridgehead atoms. The molecule has 0 saturated heterocycles. The molecule has 47 heavy (non-hydrogen) atoms. The molecule has 0 aromatic heterocycles. The van der Waals surface area contributed by atoms with Gasteiger partial charge < -0.3 is 40.6 Å². The third kappa shape index (κ3) is 15.2. The number of anilines is 1. The van der Waals surface area contributed by atoms with Crippen molar-refractivity contribution < 1.29 is 38.1 Å². The number of ether oxygens (including phenoxy) is 4. The van der Waals surface area contributed by atoms with E-state index >= 15 is 0 Å². The highest BCUT2D eigenvalue weighted by Crippen LogP contribution is 2.26. The van der Waals surface area contributed by atoms with E-state index in [1.165, 1.54) is 0 Å². The lowest BCUT2D eigenvalue weighted by Crippen LogP contribution is -2.47. The van der Waals surface area contributed by atoms with Crippen molar-refractivity contribution >= 4 is 29.3 Å². The standard InChI is InChI=1S/C19H16N2O2.C16H32N2O6/c20-18(22)11-12-19(23)21-13-16-7-2-1-5-14(16)9-10-15-6-3-4-8-17(15)21;1-4-21-7-8-23-11-12-24-10-9-22-6-5-14(19)18-15(13(2)3)16(17)20/h1-8H,11-13H2,(H2,20,22);13,15H,4-12H2,1-3H3,(H2,17,20)(H,18,19). The molecule has 1 heterocycles. The van der Waals surface area contributed by atoms with Crippen LogP contribution in [0.1, 0.15) is 56.7 Å². The molecular weight excluding hydrogens is 604 g/mol. The maximum Gasteiger partial charge on any atom is 0.240 e. The number of nitrogens with two attached hydrogens (primary N) is 2. The Hall–Kier alpha value is -4.28. The van der Waals surface area contributed by atoms with Crippen molar-refractivity contribution in [3.8, 4) is 11.8 Å². The summed E-state index contributed by atoms with van der Waals surface area (Å²) < 4.78 is 21.0. The number of carbonyl (C=O) groups excluding carboxylic acids is 4. The number of hydrogen-bond acceptors (Lipinski definition) is 8. The summed E-state index contributed by atoms with van der Waals surface area (Å²) in [6.07, 6.45) is 0.321. The number of benzene rings is 2. The maximum absolute atomic E-state index is 12.6. The van der Waals surface area contributed by atoms with Gasteiger partial charge in [-0.1, -0.05) is 56.0 Å². The predicted molar refractivity (Wildman–Crippen MR) is 178 cm³/mol. The van der Waals surface area contributed by atoms with Gasteiger partial charge in [-0.05, 0) is 36.6 Å². The molecule has 1 unspecified atom stereocenters. The molecule has 5 N–H and O–H groups in total. The van der Waals surface area contributed by atoms with E-state index in [4.69, 9.17) is 30.4 Å². The molecule has 3 rings (SSSR count). The molecule has 0 fully saturated rings. The number of rotatable bonds is 19. The number of carbonyl (C=O) groups is 4. The second-order valence-corrected chi connectivity index (χ2v) is 10.8. The molecular formula is C35H48N4O8. The number of para-hydroxylation sites is 1. The monoisotopic (exact) mass is 652 g/mol. The fourth-order valence-electron chi connectivity index (χ4n) is 4.35. The van der Waals surface area contributed by atoms with Crippen molar-refractivity contribution in [1.29, 1.82) is 0 Å². The first-order valence-electron chi connectivity index (χ1n) is 15.8. The zero-order valence-corrected chi connectivity index (χ0v) is 27.6. The van der Waals surface area contributed by atoms with Gasteiger partial charge in [-0.2, -0.15) is 0 Å². The molecule has 1 atom stereocenters. The van der Waals surface area contributed by atoms with Crippen LogP contribution in [0.4, 0.5) is 5.69 Å². The second-order valence-electron chi connectivity index (χ2n) is 10.8. The molecule has 2 aromatic rings. The zero-order valence-electron chi connectivity index (χ0n) is 27.6. The number of amides is 4. The van der Waals surface area contributed by atoms with Crippen LogP contribution in [0, 0.1) is 17.8 Å². The molecule has 0 radical (unpaired) electrons. The number of primary amides is 2. The van der Waals surface area contributed by atoms with E-state index in [1.807, 2.05) is 69.3 Å². The van der Waals surface area contributed by atoms with Crippen LogP contribution in [0.3, 0.4) is 0 Å². The molecule has 2 aromatic carbocycles. The minimum Gasteiger partial charge on any atom is -0.379 e. The lowest BCUT2D eigenvalue weighted by atomic mass is 10.0. The molecule has 256 valence electrons. The summed E-state index contributed by atoms with van der Waals surface area (Å²) in [4.78, 5) is 48.2. The van der Waals surface area contributed by atoms with Gasteiger partial charge in [0.15, 0.2) is 0 Å². The number of nitrogens with zero attached hydrogens (tertiary/aromatic N) is 1. The number of hydrogen-bond donors (Lipinski definition) is 3. The van der Waals surface area contributed by atoms with E-state index in [0.717, 1.165) is 22.4 Å². The molecule has 4 amide bonds. The van der Waals surface area contributed by atoms with Crippen LogP contribution in [0.2, 0.25) is 0 Å². The summed E-state index contributed by atoms with van der Waals surface area (Å²) in [5.74, 6) is 4.87. The number of fused-ring (bicyclic) bond motifs is 2. The van der Waals surface area contributed by atoms with Gasteiger partial charge in [-0.15, -0.1) is 0 Å². The Labute approximate surface area is 277 Å². The van der Waals surface area contributed by atoms with Crippen LogP contribution in [0.25, 0.3) is 0 Å². The van der Waals surface area contributed by atoms with Gasteiger partial charge in [-0.3, -0.25) is 19.2 Å². The highest BCUT2D eigenvalue weighted by atomic mass is 16.6. The van der Waals surface area contributed by atoms with Gasteiger partial charge in [-0.25, -0.2) is 0 Å². The Morgan fingerprint density at radius 3 is 1.91 bits per heavy atom. The summed E-state index contributed by atoms with van der Waals surface area (Å²) in [6, 6.07) is 14.7. The first-order valence-corrected chi connectivity index (χ1v) is 15.8. The molecule has 0 spiro atoms. The SMILES string of the molecule is CCOCCOCCOCCOCCC(=O)NC(C(N)=O)C(C)C.NC(=O)CCC(=O)N1Cc2ccccc2C#Cc2ccccc21. The van der Waals surface area contributed by atoms with Crippen LogP contribution in [-0.4, -0.2) is 82.5 Å². The maximum atomic E-state index is 12.6. The van der Waals surface area contributed by atoms with Crippen molar-refractivity contribution in [3.05, 3.63) is 65.2 Å². The summed E-state index contributed by atoms with van der Waals surface area (Å²) in [5, 5.41) is 2.60. The van der Waals surface area contributed by atoms with Crippen molar-refractivity contribution in [1.82, 2.24) is 5.32 Å². The van der Waals surface area contributed by atoms with Crippen LogP contribution in [0.15, 0.2) is 48.5 Å². The van der Waals surface area contributed by atoms with Gasteiger partial charge in [0.05, 0.1) is 58.5 Å². The van der Waals surface area contributed by atoms with E-state index in [-0.39, 0.29) is 43.6 Å². The first-order chi connectivity index (χ1) is 22.6. The lowest BCUT2D eigenvalue weighted by molar-refractivity contribution is -0.129. The highest BCUT2D eigenvalue weighted by molar-refractivity contribution is 5.96. The predicted octanol–water partition coefficient (Wildman–Crippen LogP) is 2.29. The average molecular weight is 653 g/mol. The molecule has 0 aliphatic carbocycles. The smallest absolute Gasteiger partial charge is 0.240 e. The first kappa shape index (κ1) is 38.9. The molecule has 0 saturated carbocycles. The van der Waals surface area contributed by atoms with Crippen molar-refractivity contribution in [3.63, 3.8) is 0 Å². The van der Waals surface area contributed by atoms with Crippen molar-refractivity contribution in [2.45, 2.75) is 52.6 Å². The Bertz CT molecular complexity index is 1350. The molecule has 1 aliphatic heterocycles. The third-order valence-corrected chi connectivity index (χ3v) is 6.84. The van der Waals surface area contributed by atoms with E-state index in [1.54, 1.807) is 4.90 Å². The zero-order chi connectivity index (χ0) is 34.4. The minimum atomic E-state index is -0.649. The summed E-state index contributed by atoms with van der Waals surface area (Å²) in [5.41, 5.74) is 13.9. The fourth-order valence-corrected chi connectivity index (χ4v) is 4.35. The highest BCUT2D eigenvalue weighted by Gasteiger charge is 2.22. The van der Waals surface area contributed by atoms with Gasteiger partial charge in [0.1, 0.15) is 6.04 Å². The second kappa shape index (κ2) is 22.3. The van der Waals surface area contributed by atoms with Crippen molar-refractivity contribution in [2.75, 3.05) is 57.8 Å². The quantitative estimate of drug-likeness (QED) is 0.153. The van der Waals surface area contributed by atoms with E-state index < -0.39 is 17.9 Å². The minimum absolute atomic E-state index is 0.0449.